The van der Waals surface area contributed by atoms with E-state index in [2.05, 4.69) is 5.32 Å². The molecule has 0 aromatic heterocycles. The summed E-state index contributed by atoms with van der Waals surface area (Å²) in [6, 6.07) is 8.41. The van der Waals surface area contributed by atoms with Gasteiger partial charge in [0.1, 0.15) is 6.07 Å². The molecule has 0 spiro atoms. The van der Waals surface area contributed by atoms with E-state index in [4.69, 9.17) is 16.1 Å². The maximum atomic E-state index is 10.5. The standard InChI is InChI=1S/C10H9N3O2/c11-5-7(10(14)15)6-13-9-4-2-1-3-8(9)12/h1-4,6,13H,12H2,(H,14,15)/b7-6+. The molecule has 76 valence electrons. The highest BCUT2D eigenvalue weighted by molar-refractivity contribution is 5.91. The Morgan fingerprint density at radius 3 is 2.73 bits per heavy atom. The number of para-hydroxylation sites is 2. The number of nitriles is 1. The van der Waals surface area contributed by atoms with Crippen LogP contribution in [0.4, 0.5) is 11.4 Å². The minimum Gasteiger partial charge on any atom is -0.477 e. The monoisotopic (exact) mass is 203 g/mol. The summed E-state index contributed by atoms with van der Waals surface area (Å²) >= 11 is 0. The molecule has 0 atom stereocenters. The average Bonchev–Trinajstić information content (AvgIpc) is 2.21. The molecule has 15 heavy (non-hydrogen) atoms. The van der Waals surface area contributed by atoms with Crippen molar-refractivity contribution < 1.29 is 9.90 Å². The zero-order valence-corrected chi connectivity index (χ0v) is 7.77. The first-order valence-corrected chi connectivity index (χ1v) is 4.09. The summed E-state index contributed by atoms with van der Waals surface area (Å²) in [5.41, 5.74) is 6.27. The lowest BCUT2D eigenvalue weighted by molar-refractivity contribution is -0.132. The summed E-state index contributed by atoms with van der Waals surface area (Å²) in [6.45, 7) is 0. The molecule has 0 aliphatic rings. The molecule has 0 radical (unpaired) electrons. The van der Waals surface area contributed by atoms with Crippen molar-refractivity contribution in [3.05, 3.63) is 36.0 Å². The van der Waals surface area contributed by atoms with E-state index in [0.717, 1.165) is 6.20 Å². The average molecular weight is 203 g/mol. The molecule has 1 aromatic carbocycles. The van der Waals surface area contributed by atoms with Crippen LogP contribution >= 0.6 is 0 Å². The molecule has 1 aromatic rings. The van der Waals surface area contributed by atoms with Crippen molar-refractivity contribution in [1.29, 1.82) is 5.26 Å². The molecule has 0 aliphatic carbocycles. The molecule has 0 saturated carbocycles. The van der Waals surface area contributed by atoms with Gasteiger partial charge in [-0.2, -0.15) is 5.26 Å². The number of carboxylic acids is 1. The number of rotatable bonds is 3. The molecular formula is C10H9N3O2. The second-order valence-electron chi connectivity index (χ2n) is 2.71. The van der Waals surface area contributed by atoms with Gasteiger partial charge in [0, 0.05) is 6.20 Å². The lowest BCUT2D eigenvalue weighted by atomic mass is 10.2. The van der Waals surface area contributed by atoms with E-state index in [1.54, 1.807) is 30.3 Å². The molecule has 0 heterocycles. The number of benzene rings is 1. The van der Waals surface area contributed by atoms with Crippen molar-refractivity contribution in [1.82, 2.24) is 0 Å². The number of nitrogens with two attached hydrogens (primary N) is 1. The lowest BCUT2D eigenvalue weighted by Crippen LogP contribution is -2.02. The third-order valence-corrected chi connectivity index (χ3v) is 1.68. The molecule has 0 fully saturated rings. The van der Waals surface area contributed by atoms with Crippen molar-refractivity contribution in [3.63, 3.8) is 0 Å². The van der Waals surface area contributed by atoms with Crippen LogP contribution in [0.5, 0.6) is 0 Å². The van der Waals surface area contributed by atoms with Crippen LogP contribution in [-0.4, -0.2) is 11.1 Å². The third-order valence-electron chi connectivity index (χ3n) is 1.68. The minimum atomic E-state index is -1.28. The first-order valence-electron chi connectivity index (χ1n) is 4.09. The van der Waals surface area contributed by atoms with E-state index < -0.39 is 5.97 Å². The van der Waals surface area contributed by atoms with Gasteiger partial charge in [0.25, 0.3) is 0 Å². The Morgan fingerprint density at radius 1 is 1.53 bits per heavy atom. The molecule has 5 heteroatoms. The zero-order valence-electron chi connectivity index (χ0n) is 7.77. The maximum absolute atomic E-state index is 10.5. The topological polar surface area (TPSA) is 99.1 Å². The van der Waals surface area contributed by atoms with E-state index in [1.807, 2.05) is 0 Å². The Kier molecular flexibility index (Phi) is 3.30. The van der Waals surface area contributed by atoms with Crippen LogP contribution in [0.25, 0.3) is 0 Å². The van der Waals surface area contributed by atoms with Crippen molar-refractivity contribution in [2.75, 3.05) is 11.1 Å². The Hall–Kier alpha value is -2.48. The summed E-state index contributed by atoms with van der Waals surface area (Å²) in [5.74, 6) is -1.28. The highest BCUT2D eigenvalue weighted by Gasteiger charge is 2.04. The summed E-state index contributed by atoms with van der Waals surface area (Å²) in [7, 11) is 0. The van der Waals surface area contributed by atoms with Gasteiger partial charge >= 0.3 is 5.97 Å². The largest absolute Gasteiger partial charge is 0.477 e. The predicted molar refractivity (Wildman–Crippen MR) is 55.8 cm³/mol. The van der Waals surface area contributed by atoms with E-state index in [9.17, 15) is 4.79 Å². The van der Waals surface area contributed by atoms with Gasteiger partial charge in [-0.15, -0.1) is 0 Å². The molecule has 5 nitrogen and oxygen atoms in total. The Bertz CT molecular complexity index is 446. The molecule has 0 unspecified atom stereocenters. The molecule has 0 bridgehead atoms. The lowest BCUT2D eigenvalue weighted by Gasteiger charge is -2.03. The maximum Gasteiger partial charge on any atom is 0.347 e. The molecule has 0 saturated heterocycles. The van der Waals surface area contributed by atoms with Crippen LogP contribution in [0.2, 0.25) is 0 Å². The summed E-state index contributed by atoms with van der Waals surface area (Å²) in [5, 5.41) is 19.7. The smallest absolute Gasteiger partial charge is 0.347 e. The van der Waals surface area contributed by atoms with E-state index in [-0.39, 0.29) is 5.57 Å². The summed E-state index contributed by atoms with van der Waals surface area (Å²) < 4.78 is 0. The molecule has 4 N–H and O–H groups in total. The van der Waals surface area contributed by atoms with Crippen LogP contribution in [0, 0.1) is 11.3 Å². The Morgan fingerprint density at radius 2 is 2.20 bits per heavy atom. The zero-order chi connectivity index (χ0) is 11.3. The Balaban J connectivity index is 2.85. The van der Waals surface area contributed by atoms with Crippen LogP contribution in [-0.2, 0) is 4.79 Å². The van der Waals surface area contributed by atoms with Crippen molar-refractivity contribution in [2.24, 2.45) is 0 Å². The van der Waals surface area contributed by atoms with Crippen LogP contribution < -0.4 is 11.1 Å². The van der Waals surface area contributed by atoms with Crippen molar-refractivity contribution >= 4 is 17.3 Å². The predicted octanol–water partition coefficient (Wildman–Crippen LogP) is 1.17. The number of anilines is 2. The van der Waals surface area contributed by atoms with Gasteiger partial charge in [-0.1, -0.05) is 12.1 Å². The highest BCUT2D eigenvalue weighted by Crippen LogP contribution is 2.16. The minimum absolute atomic E-state index is 0.377. The van der Waals surface area contributed by atoms with Gasteiger partial charge in [-0.3, -0.25) is 0 Å². The van der Waals surface area contributed by atoms with Crippen molar-refractivity contribution in [2.45, 2.75) is 0 Å². The van der Waals surface area contributed by atoms with Crippen LogP contribution in [0.15, 0.2) is 36.0 Å². The first-order chi connectivity index (χ1) is 7.15. The van der Waals surface area contributed by atoms with Gasteiger partial charge in [-0.05, 0) is 12.1 Å². The van der Waals surface area contributed by atoms with Crippen molar-refractivity contribution in [3.8, 4) is 6.07 Å². The number of hydrogen-bond acceptors (Lipinski definition) is 4. The van der Waals surface area contributed by atoms with Gasteiger partial charge in [0.05, 0.1) is 11.4 Å². The summed E-state index contributed by atoms with van der Waals surface area (Å²) in [6.07, 6.45) is 1.11. The Labute approximate surface area is 86.4 Å². The SMILES string of the molecule is N#C/C(=C\Nc1ccccc1N)C(=O)O. The number of nitrogens with one attached hydrogen (secondary N) is 1. The van der Waals surface area contributed by atoms with E-state index >= 15 is 0 Å². The molecule has 0 aliphatic heterocycles. The number of aliphatic carboxylic acids is 1. The molecule has 1 rings (SSSR count). The van der Waals surface area contributed by atoms with Gasteiger partial charge in [0.2, 0.25) is 0 Å². The van der Waals surface area contributed by atoms with Crippen LogP contribution in [0.3, 0.4) is 0 Å². The second-order valence-corrected chi connectivity index (χ2v) is 2.71. The highest BCUT2D eigenvalue weighted by atomic mass is 16.4. The fourth-order valence-electron chi connectivity index (χ4n) is 0.920. The first kappa shape index (κ1) is 10.6. The fourth-order valence-corrected chi connectivity index (χ4v) is 0.920. The van der Waals surface area contributed by atoms with Gasteiger partial charge in [0.15, 0.2) is 5.57 Å². The van der Waals surface area contributed by atoms with Gasteiger partial charge in [-0.25, -0.2) is 4.79 Å². The fraction of sp³-hybridized carbons (Fsp3) is 0. The number of nitrogen functional groups attached to an aromatic ring is 1. The molecular weight excluding hydrogens is 194 g/mol. The van der Waals surface area contributed by atoms with Gasteiger partial charge < -0.3 is 16.2 Å². The quantitative estimate of drug-likeness (QED) is 0.389. The normalized spacial score (nSPS) is 10.5. The number of carbonyl (C=O) groups is 1. The van der Waals surface area contributed by atoms with Crippen LogP contribution in [0.1, 0.15) is 0 Å². The van der Waals surface area contributed by atoms with E-state index in [0.29, 0.717) is 11.4 Å². The number of hydrogen-bond donors (Lipinski definition) is 3. The third kappa shape index (κ3) is 2.74. The molecule has 0 amide bonds. The van der Waals surface area contributed by atoms with E-state index in [1.165, 1.54) is 0 Å². The summed E-state index contributed by atoms with van der Waals surface area (Å²) in [4.78, 5) is 10.5. The number of nitrogens with zero attached hydrogens (tertiary/aromatic N) is 1. The number of carboxylic acid groups (broad SMARTS) is 1. The second kappa shape index (κ2) is 4.67.